The molecule has 1 aromatic carbocycles. The molecule has 0 aromatic heterocycles. The minimum atomic E-state index is 0.177. The predicted molar refractivity (Wildman–Crippen MR) is 84.3 cm³/mol. The van der Waals surface area contributed by atoms with Gasteiger partial charge in [0.1, 0.15) is 0 Å². The second kappa shape index (κ2) is 6.55. The zero-order valence-corrected chi connectivity index (χ0v) is 12.3. The van der Waals surface area contributed by atoms with Crippen molar-refractivity contribution >= 4 is 29.0 Å². The van der Waals surface area contributed by atoms with E-state index in [4.69, 9.17) is 18.0 Å². The van der Waals surface area contributed by atoms with Gasteiger partial charge in [-0.3, -0.25) is 0 Å². The molecule has 0 bridgehead atoms. The molecular weight excluding hydrogens is 260 g/mol. The van der Waals surface area contributed by atoms with Crippen molar-refractivity contribution < 1.29 is 0 Å². The Morgan fingerprint density at radius 1 is 1.50 bits per heavy atom. The molecule has 4 heteroatoms. The van der Waals surface area contributed by atoms with Gasteiger partial charge >= 0.3 is 0 Å². The third-order valence-electron chi connectivity index (χ3n) is 3.31. The van der Waals surface area contributed by atoms with Crippen molar-refractivity contribution in [3.05, 3.63) is 35.9 Å². The average molecular weight is 280 g/mol. The second-order valence-corrected chi connectivity index (χ2v) is 6.82. The van der Waals surface area contributed by atoms with Crippen molar-refractivity contribution in [1.82, 2.24) is 4.90 Å². The van der Waals surface area contributed by atoms with E-state index >= 15 is 0 Å². The maximum Gasteiger partial charge on any atom is 0.0816 e. The summed E-state index contributed by atoms with van der Waals surface area (Å²) >= 11 is 7.29. The van der Waals surface area contributed by atoms with Crippen molar-refractivity contribution in [3.8, 4) is 0 Å². The molecule has 1 heterocycles. The van der Waals surface area contributed by atoms with Crippen LogP contribution >= 0.6 is 24.0 Å². The van der Waals surface area contributed by atoms with Gasteiger partial charge in [-0.25, -0.2) is 0 Å². The summed E-state index contributed by atoms with van der Waals surface area (Å²) in [5.74, 6) is 1.39. The number of thioether (sulfide) groups is 1. The van der Waals surface area contributed by atoms with E-state index in [2.05, 4.69) is 36.1 Å². The molecule has 1 aliphatic heterocycles. The molecule has 2 unspecified atom stereocenters. The fraction of sp³-hybridized carbons (Fsp3) is 0.500. The van der Waals surface area contributed by atoms with E-state index in [1.807, 2.05) is 17.8 Å². The lowest BCUT2D eigenvalue weighted by Gasteiger charge is -2.33. The van der Waals surface area contributed by atoms with Gasteiger partial charge < -0.3 is 10.6 Å². The molecule has 2 rings (SSSR count). The van der Waals surface area contributed by atoms with Crippen LogP contribution in [0.2, 0.25) is 0 Å². The second-order valence-electron chi connectivity index (χ2n) is 4.81. The van der Waals surface area contributed by atoms with Crippen LogP contribution in [0.4, 0.5) is 0 Å². The summed E-state index contributed by atoms with van der Waals surface area (Å²) < 4.78 is 0. The number of nitrogens with two attached hydrogens (primary N) is 1. The van der Waals surface area contributed by atoms with Crippen molar-refractivity contribution in [2.24, 2.45) is 5.73 Å². The number of thiocarbonyl (C=S) groups is 1. The van der Waals surface area contributed by atoms with Gasteiger partial charge in [-0.15, -0.1) is 0 Å². The average Bonchev–Trinajstić information content (AvgIpc) is 2.37. The number of hydrogen-bond acceptors (Lipinski definition) is 3. The number of nitrogens with zero attached hydrogens (tertiary/aromatic N) is 1. The lowest BCUT2D eigenvalue weighted by molar-refractivity contribution is 0.284. The molecule has 1 aliphatic rings. The quantitative estimate of drug-likeness (QED) is 0.858. The fourth-order valence-electron chi connectivity index (χ4n) is 2.36. The highest BCUT2D eigenvalue weighted by molar-refractivity contribution is 7.99. The normalized spacial score (nSPS) is 22.6. The van der Waals surface area contributed by atoms with E-state index in [9.17, 15) is 0 Å². The molecular formula is C14H20N2S2. The molecule has 2 N–H and O–H groups in total. The molecule has 18 heavy (non-hydrogen) atoms. The lowest BCUT2D eigenvalue weighted by Crippen LogP contribution is -2.41. The summed E-state index contributed by atoms with van der Waals surface area (Å²) in [4.78, 5) is 3.09. The lowest BCUT2D eigenvalue weighted by atomic mass is 9.98. The first-order valence-electron chi connectivity index (χ1n) is 6.35. The zero-order valence-electron chi connectivity index (χ0n) is 10.7. The van der Waals surface area contributed by atoms with Crippen LogP contribution in [0, 0.1) is 0 Å². The molecule has 98 valence electrons. The highest BCUT2D eigenvalue weighted by atomic mass is 32.2. The molecule has 0 amide bonds. The Bertz CT molecular complexity index is 394. The van der Waals surface area contributed by atoms with Gasteiger partial charge in [-0.05, 0) is 5.56 Å². The Morgan fingerprint density at radius 3 is 2.83 bits per heavy atom. The van der Waals surface area contributed by atoms with Gasteiger partial charge in [0.15, 0.2) is 0 Å². The third kappa shape index (κ3) is 3.70. The first kappa shape index (κ1) is 13.8. The largest absolute Gasteiger partial charge is 0.393 e. The molecule has 0 radical (unpaired) electrons. The number of benzene rings is 1. The van der Waals surface area contributed by atoms with Gasteiger partial charge in [-0.2, -0.15) is 11.8 Å². The Hall–Kier alpha value is -0.580. The molecule has 0 spiro atoms. The fourth-order valence-corrected chi connectivity index (χ4v) is 3.65. The smallest absolute Gasteiger partial charge is 0.0816 e. The van der Waals surface area contributed by atoms with Gasteiger partial charge in [-0.1, -0.05) is 49.5 Å². The van der Waals surface area contributed by atoms with E-state index < -0.39 is 0 Å². The Balaban J connectivity index is 2.05. The molecule has 2 atom stereocenters. The van der Waals surface area contributed by atoms with Crippen LogP contribution in [-0.2, 0) is 0 Å². The highest BCUT2D eigenvalue weighted by Crippen LogP contribution is 2.22. The van der Waals surface area contributed by atoms with Crippen LogP contribution in [0.1, 0.15) is 18.4 Å². The van der Waals surface area contributed by atoms with Crippen LogP contribution < -0.4 is 5.73 Å². The minimum Gasteiger partial charge on any atom is -0.393 e. The summed E-state index contributed by atoms with van der Waals surface area (Å²) in [6, 6.07) is 10.4. The van der Waals surface area contributed by atoms with E-state index in [0.29, 0.717) is 10.2 Å². The Morgan fingerprint density at radius 2 is 2.22 bits per heavy atom. The van der Waals surface area contributed by atoms with Crippen molar-refractivity contribution in [3.63, 3.8) is 0 Å². The SMILES string of the molecule is CC1CN(CC(C(N)=S)c2ccccc2)CCS1. The summed E-state index contributed by atoms with van der Waals surface area (Å²) in [6.07, 6.45) is 0. The molecule has 2 nitrogen and oxygen atoms in total. The minimum absolute atomic E-state index is 0.177. The predicted octanol–water partition coefficient (Wildman–Crippen LogP) is 2.49. The Kier molecular flexibility index (Phi) is 5.03. The van der Waals surface area contributed by atoms with Crippen LogP contribution in [0.15, 0.2) is 30.3 Å². The third-order valence-corrected chi connectivity index (χ3v) is 4.73. The van der Waals surface area contributed by atoms with E-state index in [1.165, 1.54) is 11.3 Å². The van der Waals surface area contributed by atoms with Crippen molar-refractivity contribution in [2.75, 3.05) is 25.4 Å². The van der Waals surface area contributed by atoms with Gasteiger partial charge in [0.05, 0.1) is 4.99 Å². The number of rotatable bonds is 4. The molecule has 1 saturated heterocycles. The summed E-state index contributed by atoms with van der Waals surface area (Å²) in [5, 5.41) is 0.710. The first-order chi connectivity index (χ1) is 8.66. The summed E-state index contributed by atoms with van der Waals surface area (Å²) in [6.45, 7) is 5.51. The van der Waals surface area contributed by atoms with Crippen LogP contribution in [-0.4, -0.2) is 40.5 Å². The highest BCUT2D eigenvalue weighted by Gasteiger charge is 2.22. The molecule has 1 fully saturated rings. The van der Waals surface area contributed by atoms with Gasteiger partial charge in [0, 0.05) is 36.6 Å². The molecule has 1 aromatic rings. The standard InChI is InChI=1S/C14H20N2S2/c1-11-9-16(7-8-18-11)10-13(14(15)17)12-5-3-2-4-6-12/h2-6,11,13H,7-10H2,1H3,(H2,15,17). The van der Waals surface area contributed by atoms with E-state index in [1.54, 1.807) is 0 Å². The van der Waals surface area contributed by atoms with Crippen molar-refractivity contribution in [1.29, 1.82) is 0 Å². The van der Waals surface area contributed by atoms with Crippen LogP contribution in [0.5, 0.6) is 0 Å². The monoisotopic (exact) mass is 280 g/mol. The van der Waals surface area contributed by atoms with E-state index in [-0.39, 0.29) is 5.92 Å². The van der Waals surface area contributed by atoms with E-state index in [0.717, 1.165) is 19.6 Å². The van der Waals surface area contributed by atoms with Crippen molar-refractivity contribution in [2.45, 2.75) is 18.1 Å². The van der Waals surface area contributed by atoms with Crippen LogP contribution in [0.3, 0.4) is 0 Å². The van der Waals surface area contributed by atoms with Crippen LogP contribution in [0.25, 0.3) is 0 Å². The topological polar surface area (TPSA) is 29.3 Å². The zero-order chi connectivity index (χ0) is 13.0. The first-order valence-corrected chi connectivity index (χ1v) is 7.80. The van der Waals surface area contributed by atoms with Gasteiger partial charge in [0.2, 0.25) is 0 Å². The number of hydrogen-bond donors (Lipinski definition) is 1. The molecule has 0 aliphatic carbocycles. The molecule has 0 saturated carbocycles. The summed E-state index contributed by atoms with van der Waals surface area (Å²) in [5.41, 5.74) is 7.15. The maximum absolute atomic E-state index is 5.92. The maximum atomic E-state index is 5.92. The Labute approximate surface area is 119 Å². The summed E-state index contributed by atoms with van der Waals surface area (Å²) in [7, 11) is 0. The van der Waals surface area contributed by atoms with Gasteiger partial charge in [0.25, 0.3) is 0 Å².